The number of sulfonamides is 1. The Kier molecular flexibility index (Phi) is 7.20. The summed E-state index contributed by atoms with van der Waals surface area (Å²) in [6, 6.07) is 0. The molecule has 0 aromatic rings. The lowest BCUT2D eigenvalue weighted by Crippen LogP contribution is -2.65. The number of alkyl halides is 9. The van der Waals surface area contributed by atoms with Crippen molar-refractivity contribution in [2.75, 3.05) is 19.7 Å². The maximum Gasteiger partial charge on any atom is 0.460 e. The molecule has 15 heteroatoms. The van der Waals surface area contributed by atoms with Gasteiger partial charge in [-0.2, -0.15) is 43.8 Å². The maximum absolute atomic E-state index is 13.6. The van der Waals surface area contributed by atoms with E-state index in [1.54, 1.807) is 0 Å². The first-order valence-corrected chi connectivity index (χ1v) is 7.80. The van der Waals surface area contributed by atoms with Gasteiger partial charge in [-0.1, -0.05) is 0 Å². The van der Waals surface area contributed by atoms with Gasteiger partial charge in [-0.3, -0.25) is 0 Å². The summed E-state index contributed by atoms with van der Waals surface area (Å²) < 4.78 is 138. The van der Waals surface area contributed by atoms with Gasteiger partial charge in [0.1, 0.15) is 0 Å². The van der Waals surface area contributed by atoms with Crippen molar-refractivity contribution in [2.24, 2.45) is 0 Å². The molecular formula is C10H14F9NO4S. The molecule has 152 valence electrons. The summed E-state index contributed by atoms with van der Waals surface area (Å²) in [6.45, 7) is -2.45. The average molecular weight is 415 g/mol. The van der Waals surface area contributed by atoms with Crippen LogP contribution in [-0.4, -0.2) is 72.0 Å². The first kappa shape index (κ1) is 24.2. The summed E-state index contributed by atoms with van der Waals surface area (Å²) in [5.41, 5.74) is 0. The van der Waals surface area contributed by atoms with Gasteiger partial charge in [-0.05, 0) is 13.3 Å². The molecule has 25 heavy (non-hydrogen) atoms. The van der Waals surface area contributed by atoms with Crippen LogP contribution in [0.4, 0.5) is 39.5 Å². The molecule has 0 radical (unpaired) electrons. The van der Waals surface area contributed by atoms with E-state index in [1.807, 2.05) is 0 Å². The second-order valence-corrected chi connectivity index (χ2v) is 6.93. The number of aliphatic hydroxyl groups is 2. The van der Waals surface area contributed by atoms with Crippen LogP contribution < -0.4 is 0 Å². The molecule has 0 aromatic carbocycles. The third-order valence-electron chi connectivity index (χ3n) is 2.81. The number of hydrogen-bond acceptors (Lipinski definition) is 4. The summed E-state index contributed by atoms with van der Waals surface area (Å²) in [5.74, 6) is -14.7. The normalized spacial score (nSPS) is 16.4. The molecule has 5 nitrogen and oxygen atoms in total. The van der Waals surface area contributed by atoms with E-state index in [0.29, 0.717) is 0 Å². The quantitative estimate of drug-likeness (QED) is 0.564. The van der Waals surface area contributed by atoms with Crippen molar-refractivity contribution in [3.05, 3.63) is 0 Å². The van der Waals surface area contributed by atoms with Crippen LogP contribution in [0, 0.1) is 0 Å². The van der Waals surface area contributed by atoms with Gasteiger partial charge in [-0.15, -0.1) is 0 Å². The van der Waals surface area contributed by atoms with Crippen LogP contribution in [0.5, 0.6) is 0 Å². The summed E-state index contributed by atoms with van der Waals surface area (Å²) in [5, 5.41) is 10.7. The second-order valence-electron chi connectivity index (χ2n) is 4.95. The van der Waals surface area contributed by atoms with Crippen LogP contribution in [-0.2, 0) is 10.0 Å². The molecule has 0 amide bonds. The highest BCUT2D eigenvalue weighted by atomic mass is 32.2. The number of rotatable bonds is 9. The van der Waals surface area contributed by atoms with E-state index in [-0.39, 0.29) is 0 Å². The van der Waals surface area contributed by atoms with Crippen LogP contribution >= 0.6 is 0 Å². The largest absolute Gasteiger partial charge is 0.460 e. The maximum atomic E-state index is 13.6. The molecule has 0 saturated heterocycles. The number of aliphatic hydroxyl groups excluding tert-OH is 2. The topological polar surface area (TPSA) is 77.8 Å². The van der Waals surface area contributed by atoms with Crippen LogP contribution in [0.25, 0.3) is 0 Å². The van der Waals surface area contributed by atoms with Crippen molar-refractivity contribution >= 4 is 10.0 Å². The van der Waals surface area contributed by atoms with Crippen LogP contribution in [0.15, 0.2) is 0 Å². The fourth-order valence-corrected chi connectivity index (χ4v) is 3.09. The molecule has 0 aromatic heterocycles. The van der Waals surface area contributed by atoms with E-state index in [0.717, 1.165) is 6.92 Å². The van der Waals surface area contributed by atoms with Crippen molar-refractivity contribution in [2.45, 2.75) is 42.7 Å². The third-order valence-corrected chi connectivity index (χ3v) is 4.73. The standard InChI is InChI=1S/C10H14F9NO4S/c1-6(22)5-20(3-2-4-21)25(23,24)10(18,19)8(13,14)7(11,12)9(15,16)17/h6,21-22H,2-5H2,1H3. The van der Waals surface area contributed by atoms with E-state index in [2.05, 4.69) is 0 Å². The Bertz CT molecular complexity index is 547. The average Bonchev–Trinajstić information content (AvgIpc) is 2.40. The van der Waals surface area contributed by atoms with Gasteiger partial charge in [0, 0.05) is 19.7 Å². The number of nitrogens with zero attached hydrogens (tertiary/aromatic N) is 1. The lowest BCUT2D eigenvalue weighted by atomic mass is 10.1. The van der Waals surface area contributed by atoms with Gasteiger partial charge in [0.2, 0.25) is 0 Å². The Morgan fingerprint density at radius 2 is 1.40 bits per heavy atom. The first-order chi connectivity index (χ1) is 10.9. The number of halogens is 9. The van der Waals surface area contributed by atoms with Gasteiger partial charge in [-0.25, -0.2) is 8.42 Å². The fraction of sp³-hybridized carbons (Fsp3) is 1.00. The van der Waals surface area contributed by atoms with Gasteiger partial charge in [0.15, 0.2) is 0 Å². The highest BCUT2D eigenvalue weighted by Crippen LogP contribution is 2.55. The Hall–Kier alpha value is -0.800. The Morgan fingerprint density at radius 3 is 1.72 bits per heavy atom. The van der Waals surface area contributed by atoms with Crippen LogP contribution in [0.2, 0.25) is 0 Å². The molecular weight excluding hydrogens is 401 g/mol. The monoisotopic (exact) mass is 415 g/mol. The van der Waals surface area contributed by atoms with Gasteiger partial charge >= 0.3 is 23.3 Å². The SMILES string of the molecule is CC(O)CN(CCCO)S(=O)(=O)C(F)(F)C(F)(F)C(F)(F)C(F)(F)F. The number of hydrogen-bond donors (Lipinski definition) is 2. The second kappa shape index (κ2) is 7.44. The summed E-state index contributed by atoms with van der Waals surface area (Å²) in [6.07, 6.45) is -9.54. The molecule has 0 spiro atoms. The predicted molar refractivity (Wildman–Crippen MR) is 64.8 cm³/mol. The molecule has 2 N–H and O–H groups in total. The molecule has 0 rings (SSSR count). The van der Waals surface area contributed by atoms with Crippen LogP contribution in [0.3, 0.4) is 0 Å². The minimum atomic E-state index is -7.36. The van der Waals surface area contributed by atoms with Crippen molar-refractivity contribution in [1.29, 1.82) is 0 Å². The Morgan fingerprint density at radius 1 is 0.960 bits per heavy atom. The summed E-state index contributed by atoms with van der Waals surface area (Å²) in [4.78, 5) is 0. The molecule has 1 unspecified atom stereocenters. The Labute approximate surface area is 136 Å². The summed E-state index contributed by atoms with van der Waals surface area (Å²) in [7, 11) is -6.77. The molecule has 0 bridgehead atoms. The first-order valence-electron chi connectivity index (χ1n) is 6.36. The lowest BCUT2D eigenvalue weighted by molar-refractivity contribution is -0.382. The molecule has 1 atom stereocenters. The molecule has 0 aliphatic rings. The predicted octanol–water partition coefficient (Wildman–Crippen LogP) is 1.81. The van der Waals surface area contributed by atoms with E-state index in [4.69, 9.17) is 10.2 Å². The zero-order valence-corrected chi connectivity index (χ0v) is 13.2. The highest BCUT2D eigenvalue weighted by Gasteiger charge is 2.85. The zero-order chi connectivity index (χ0) is 20.5. The van der Waals surface area contributed by atoms with Gasteiger partial charge < -0.3 is 10.2 Å². The lowest BCUT2D eigenvalue weighted by Gasteiger charge is -2.36. The molecule has 0 aliphatic carbocycles. The van der Waals surface area contributed by atoms with Gasteiger partial charge in [0.25, 0.3) is 10.0 Å². The minimum Gasteiger partial charge on any atom is -0.396 e. The fourth-order valence-electron chi connectivity index (χ4n) is 1.54. The molecule has 0 heterocycles. The zero-order valence-electron chi connectivity index (χ0n) is 12.4. The van der Waals surface area contributed by atoms with Crippen molar-refractivity contribution < 1.29 is 58.1 Å². The van der Waals surface area contributed by atoms with Crippen LogP contribution in [0.1, 0.15) is 13.3 Å². The van der Waals surface area contributed by atoms with Crippen molar-refractivity contribution in [3.8, 4) is 0 Å². The highest BCUT2D eigenvalue weighted by molar-refractivity contribution is 7.90. The van der Waals surface area contributed by atoms with E-state index < -0.39 is 69.8 Å². The summed E-state index contributed by atoms with van der Waals surface area (Å²) >= 11 is 0. The van der Waals surface area contributed by atoms with Gasteiger partial charge in [0.05, 0.1) is 6.10 Å². The van der Waals surface area contributed by atoms with E-state index in [1.165, 1.54) is 0 Å². The smallest absolute Gasteiger partial charge is 0.396 e. The Balaban J connectivity index is 6.15. The van der Waals surface area contributed by atoms with Crippen molar-refractivity contribution in [1.82, 2.24) is 4.31 Å². The molecule has 0 fully saturated rings. The third kappa shape index (κ3) is 4.31. The minimum absolute atomic E-state index is 0.589. The molecule has 0 saturated carbocycles. The molecule has 0 aliphatic heterocycles. The van der Waals surface area contributed by atoms with E-state index >= 15 is 0 Å². The van der Waals surface area contributed by atoms with E-state index in [9.17, 15) is 47.9 Å². The van der Waals surface area contributed by atoms with Crippen molar-refractivity contribution in [3.63, 3.8) is 0 Å².